The van der Waals surface area contributed by atoms with E-state index in [0.717, 1.165) is 12.0 Å². The molecule has 7 nitrogen and oxygen atoms in total. The summed E-state index contributed by atoms with van der Waals surface area (Å²) < 4.78 is 10.3. The standard InChI is InChI=1S/C18H28N2O5/c1-4-10-20(11-16(12-21)19-17(22)25-14(2)3)18(23)24-13-15-8-6-5-7-9-15/h5-9,14,16,21H,4,10-13H2,1-3H3,(H,19,22)/t16-/m1/s1. The Morgan fingerprint density at radius 2 is 1.92 bits per heavy atom. The summed E-state index contributed by atoms with van der Waals surface area (Å²) in [4.78, 5) is 25.4. The van der Waals surface area contributed by atoms with Gasteiger partial charge in [-0.25, -0.2) is 9.59 Å². The predicted octanol–water partition coefficient (Wildman–Crippen LogP) is 2.53. The summed E-state index contributed by atoms with van der Waals surface area (Å²) in [6, 6.07) is 8.76. The van der Waals surface area contributed by atoms with Gasteiger partial charge in [0.15, 0.2) is 0 Å². The zero-order valence-electron chi connectivity index (χ0n) is 15.1. The highest BCUT2D eigenvalue weighted by Gasteiger charge is 2.21. The fourth-order valence-electron chi connectivity index (χ4n) is 2.17. The van der Waals surface area contributed by atoms with E-state index in [1.807, 2.05) is 37.3 Å². The summed E-state index contributed by atoms with van der Waals surface area (Å²) in [5.41, 5.74) is 0.893. The maximum atomic E-state index is 12.3. The van der Waals surface area contributed by atoms with Gasteiger partial charge in [-0.2, -0.15) is 0 Å². The van der Waals surface area contributed by atoms with Gasteiger partial charge in [-0.05, 0) is 25.8 Å². The minimum Gasteiger partial charge on any atom is -0.447 e. The molecule has 2 amide bonds. The van der Waals surface area contributed by atoms with Crippen LogP contribution in [0.25, 0.3) is 0 Å². The third kappa shape index (κ3) is 8.39. The Morgan fingerprint density at radius 3 is 2.48 bits per heavy atom. The lowest BCUT2D eigenvalue weighted by Crippen LogP contribution is -2.48. The Labute approximate surface area is 148 Å². The molecule has 7 heteroatoms. The number of alkyl carbamates (subject to hydrolysis) is 1. The van der Waals surface area contributed by atoms with E-state index < -0.39 is 18.2 Å². The number of benzene rings is 1. The first-order chi connectivity index (χ1) is 12.0. The third-order valence-electron chi connectivity index (χ3n) is 3.28. The van der Waals surface area contributed by atoms with Gasteiger partial charge in [0.1, 0.15) is 6.61 Å². The van der Waals surface area contributed by atoms with Crippen LogP contribution in [0.15, 0.2) is 30.3 Å². The number of aliphatic hydroxyl groups excluding tert-OH is 1. The third-order valence-corrected chi connectivity index (χ3v) is 3.28. The molecule has 0 radical (unpaired) electrons. The predicted molar refractivity (Wildman–Crippen MR) is 94.1 cm³/mol. The zero-order chi connectivity index (χ0) is 18.7. The maximum absolute atomic E-state index is 12.3. The second-order valence-electron chi connectivity index (χ2n) is 5.96. The van der Waals surface area contributed by atoms with Crippen LogP contribution in [0.5, 0.6) is 0 Å². The quantitative estimate of drug-likeness (QED) is 0.713. The molecule has 0 heterocycles. The molecule has 0 fully saturated rings. The Bertz CT molecular complexity index is 521. The van der Waals surface area contributed by atoms with E-state index in [2.05, 4.69) is 5.32 Å². The molecule has 2 N–H and O–H groups in total. The molecule has 0 bridgehead atoms. The molecular formula is C18H28N2O5. The largest absolute Gasteiger partial charge is 0.447 e. The lowest BCUT2D eigenvalue weighted by Gasteiger charge is -2.26. The number of carbonyl (C=O) groups excluding carboxylic acids is 2. The fourth-order valence-corrected chi connectivity index (χ4v) is 2.17. The van der Waals surface area contributed by atoms with Gasteiger partial charge in [0.05, 0.1) is 18.8 Å². The number of nitrogens with one attached hydrogen (secondary N) is 1. The molecule has 0 saturated heterocycles. The van der Waals surface area contributed by atoms with Crippen LogP contribution >= 0.6 is 0 Å². The highest BCUT2D eigenvalue weighted by Crippen LogP contribution is 2.05. The van der Waals surface area contributed by atoms with Crippen LogP contribution in [-0.4, -0.2) is 54.0 Å². The van der Waals surface area contributed by atoms with Crippen molar-refractivity contribution in [2.75, 3.05) is 19.7 Å². The SMILES string of the molecule is CCCN(C[C@H](CO)NC(=O)OC(C)C)C(=O)OCc1ccccc1. The van der Waals surface area contributed by atoms with Crippen LogP contribution in [0.1, 0.15) is 32.8 Å². The van der Waals surface area contributed by atoms with E-state index in [4.69, 9.17) is 9.47 Å². The second-order valence-corrected chi connectivity index (χ2v) is 5.96. The van der Waals surface area contributed by atoms with Crippen molar-refractivity contribution in [2.24, 2.45) is 0 Å². The van der Waals surface area contributed by atoms with Gasteiger partial charge in [0, 0.05) is 13.1 Å². The van der Waals surface area contributed by atoms with Crippen LogP contribution in [0.3, 0.4) is 0 Å². The molecule has 0 spiro atoms. The summed E-state index contributed by atoms with van der Waals surface area (Å²) in [5.74, 6) is 0. The number of nitrogens with zero attached hydrogens (tertiary/aromatic N) is 1. The van der Waals surface area contributed by atoms with E-state index in [-0.39, 0.29) is 25.9 Å². The average molecular weight is 352 g/mol. The number of aliphatic hydroxyl groups is 1. The van der Waals surface area contributed by atoms with Gasteiger partial charge >= 0.3 is 12.2 Å². The minimum absolute atomic E-state index is 0.144. The normalized spacial score (nSPS) is 11.7. The van der Waals surface area contributed by atoms with Gasteiger partial charge in [-0.1, -0.05) is 37.3 Å². The first kappa shape index (κ1) is 20.8. The summed E-state index contributed by atoms with van der Waals surface area (Å²) in [7, 11) is 0. The lowest BCUT2D eigenvalue weighted by molar-refractivity contribution is 0.0812. The van der Waals surface area contributed by atoms with Crippen molar-refractivity contribution < 1.29 is 24.2 Å². The van der Waals surface area contributed by atoms with E-state index >= 15 is 0 Å². The fraction of sp³-hybridized carbons (Fsp3) is 0.556. The number of ether oxygens (including phenoxy) is 2. The summed E-state index contributed by atoms with van der Waals surface area (Å²) in [6.45, 7) is 5.88. The molecule has 0 unspecified atom stereocenters. The number of carbonyl (C=O) groups is 2. The van der Waals surface area contributed by atoms with Gasteiger partial charge in [-0.15, -0.1) is 0 Å². The summed E-state index contributed by atoms with van der Waals surface area (Å²) >= 11 is 0. The van der Waals surface area contributed by atoms with Crippen LogP contribution in [0, 0.1) is 0 Å². The van der Waals surface area contributed by atoms with Crippen molar-refractivity contribution in [1.82, 2.24) is 10.2 Å². The lowest BCUT2D eigenvalue weighted by atomic mass is 10.2. The molecule has 0 aliphatic rings. The second kappa shape index (κ2) is 11.3. The monoisotopic (exact) mass is 352 g/mol. The molecule has 0 aromatic heterocycles. The van der Waals surface area contributed by atoms with E-state index in [9.17, 15) is 14.7 Å². The molecule has 1 rings (SSSR count). The molecular weight excluding hydrogens is 324 g/mol. The highest BCUT2D eigenvalue weighted by molar-refractivity contribution is 5.69. The number of hydrogen-bond acceptors (Lipinski definition) is 5. The minimum atomic E-state index is -0.623. The molecule has 1 aromatic carbocycles. The Hall–Kier alpha value is -2.28. The van der Waals surface area contributed by atoms with Crippen LogP contribution in [0.2, 0.25) is 0 Å². The van der Waals surface area contributed by atoms with Crippen molar-refractivity contribution in [2.45, 2.75) is 45.9 Å². The van der Waals surface area contributed by atoms with Crippen LogP contribution < -0.4 is 5.32 Å². The molecule has 0 saturated carbocycles. The van der Waals surface area contributed by atoms with Crippen molar-refractivity contribution in [3.05, 3.63) is 35.9 Å². The van der Waals surface area contributed by atoms with E-state index in [1.165, 1.54) is 4.90 Å². The Kier molecular flexibility index (Phi) is 9.39. The summed E-state index contributed by atoms with van der Waals surface area (Å²) in [5, 5.41) is 12.0. The van der Waals surface area contributed by atoms with Gasteiger partial charge in [0.25, 0.3) is 0 Å². The smallest absolute Gasteiger partial charge is 0.410 e. The van der Waals surface area contributed by atoms with E-state index in [0.29, 0.717) is 6.54 Å². The van der Waals surface area contributed by atoms with Crippen molar-refractivity contribution >= 4 is 12.2 Å². The molecule has 25 heavy (non-hydrogen) atoms. The number of hydrogen-bond donors (Lipinski definition) is 2. The molecule has 1 aromatic rings. The molecule has 1 atom stereocenters. The number of amides is 2. The first-order valence-electron chi connectivity index (χ1n) is 8.49. The van der Waals surface area contributed by atoms with Crippen LogP contribution in [0.4, 0.5) is 9.59 Å². The molecule has 0 aliphatic carbocycles. The van der Waals surface area contributed by atoms with Gasteiger partial charge < -0.3 is 24.8 Å². The molecule has 140 valence electrons. The first-order valence-corrected chi connectivity index (χ1v) is 8.49. The number of rotatable bonds is 9. The Morgan fingerprint density at radius 1 is 1.24 bits per heavy atom. The topological polar surface area (TPSA) is 88.1 Å². The maximum Gasteiger partial charge on any atom is 0.410 e. The highest BCUT2D eigenvalue weighted by atomic mass is 16.6. The average Bonchev–Trinajstić information content (AvgIpc) is 2.58. The van der Waals surface area contributed by atoms with Gasteiger partial charge in [0.2, 0.25) is 0 Å². The van der Waals surface area contributed by atoms with Gasteiger partial charge in [-0.3, -0.25) is 0 Å². The zero-order valence-corrected chi connectivity index (χ0v) is 15.1. The van der Waals surface area contributed by atoms with Crippen molar-refractivity contribution in [1.29, 1.82) is 0 Å². The Balaban J connectivity index is 2.57. The van der Waals surface area contributed by atoms with Crippen LogP contribution in [-0.2, 0) is 16.1 Å². The molecule has 0 aliphatic heterocycles. The van der Waals surface area contributed by atoms with Crippen molar-refractivity contribution in [3.63, 3.8) is 0 Å². The van der Waals surface area contributed by atoms with E-state index in [1.54, 1.807) is 13.8 Å². The summed E-state index contributed by atoms with van der Waals surface area (Å²) in [6.07, 6.45) is -0.636. The van der Waals surface area contributed by atoms with Crippen molar-refractivity contribution in [3.8, 4) is 0 Å².